The van der Waals surface area contributed by atoms with Crippen LogP contribution in [0.3, 0.4) is 0 Å². The van der Waals surface area contributed by atoms with Gasteiger partial charge in [-0.2, -0.15) is 5.26 Å². The van der Waals surface area contributed by atoms with Crippen LogP contribution >= 0.6 is 0 Å². The minimum absolute atomic E-state index is 0.163. The van der Waals surface area contributed by atoms with Crippen LogP contribution in [0.5, 0.6) is 0 Å². The van der Waals surface area contributed by atoms with Crippen LogP contribution in [-0.2, 0) is 11.2 Å². The molecule has 1 saturated heterocycles. The van der Waals surface area contributed by atoms with Crippen LogP contribution in [-0.4, -0.2) is 37.0 Å². The number of nitrogens with one attached hydrogen (secondary N) is 2. The van der Waals surface area contributed by atoms with Gasteiger partial charge >= 0.3 is 0 Å². The topological polar surface area (TPSA) is 111 Å². The summed E-state index contributed by atoms with van der Waals surface area (Å²) in [5.41, 5.74) is 12.8. The molecule has 5 rings (SSSR count). The van der Waals surface area contributed by atoms with Gasteiger partial charge in [-0.15, -0.1) is 0 Å². The Bertz CT molecular complexity index is 1260. The Morgan fingerprint density at radius 3 is 2.82 bits per heavy atom. The molecule has 1 atom stereocenters. The minimum Gasteiger partial charge on any atom is -0.398 e. The molecule has 2 heterocycles. The molecule has 34 heavy (non-hydrogen) atoms. The number of nitrogen functional groups attached to an aromatic ring is 1. The van der Waals surface area contributed by atoms with Gasteiger partial charge in [0.15, 0.2) is 0 Å². The maximum absolute atomic E-state index is 9.22. The van der Waals surface area contributed by atoms with Crippen molar-refractivity contribution in [3.05, 3.63) is 82.5 Å². The molecule has 7 heteroatoms. The molecule has 0 radical (unpaired) electrons. The molecule has 2 aliphatic rings. The number of nitrogens with two attached hydrogens (primary N) is 1. The van der Waals surface area contributed by atoms with Crippen molar-refractivity contribution in [2.24, 2.45) is 0 Å². The second-order valence-corrected chi connectivity index (χ2v) is 8.79. The number of aromatic nitrogens is 1. The molecule has 0 bridgehead atoms. The summed E-state index contributed by atoms with van der Waals surface area (Å²) in [6.45, 7) is 2.96. The number of fused-ring (bicyclic) bond motifs is 1. The number of morpholine rings is 1. The van der Waals surface area contributed by atoms with E-state index in [9.17, 15) is 5.26 Å². The number of nitrogens with zero attached hydrogens (tertiary/aromatic N) is 3. The number of anilines is 3. The van der Waals surface area contributed by atoms with E-state index in [1.165, 1.54) is 11.1 Å². The van der Waals surface area contributed by atoms with Crippen molar-refractivity contribution < 1.29 is 4.74 Å². The van der Waals surface area contributed by atoms with Gasteiger partial charge in [0, 0.05) is 41.8 Å². The third-order valence-corrected chi connectivity index (χ3v) is 6.62. The summed E-state index contributed by atoms with van der Waals surface area (Å²) in [7, 11) is 0. The number of nitriles is 1. The van der Waals surface area contributed by atoms with Crippen LogP contribution in [0.4, 0.5) is 17.2 Å². The Balaban J connectivity index is 1.39. The average Bonchev–Trinajstić information content (AvgIpc) is 2.90. The Morgan fingerprint density at radius 1 is 1.15 bits per heavy atom. The number of hydrogen-bond donors (Lipinski definition) is 3. The first-order valence-corrected chi connectivity index (χ1v) is 11.7. The van der Waals surface area contributed by atoms with Crippen LogP contribution in [0.15, 0.2) is 54.7 Å². The highest BCUT2D eigenvalue weighted by atomic mass is 16.5. The summed E-state index contributed by atoms with van der Waals surface area (Å²) in [5, 5.41) is 21.8. The van der Waals surface area contributed by atoms with E-state index in [-0.39, 0.29) is 6.04 Å². The first-order valence-electron chi connectivity index (χ1n) is 11.7. The van der Waals surface area contributed by atoms with Gasteiger partial charge in [-0.3, -0.25) is 5.41 Å². The fourth-order valence-electron chi connectivity index (χ4n) is 4.79. The van der Waals surface area contributed by atoms with Crippen molar-refractivity contribution in [3.63, 3.8) is 0 Å². The molecule has 7 nitrogen and oxygen atoms in total. The summed E-state index contributed by atoms with van der Waals surface area (Å²) in [6, 6.07) is 18.0. The first-order chi connectivity index (χ1) is 16.6. The summed E-state index contributed by atoms with van der Waals surface area (Å²) in [5.74, 6) is 0.856. The zero-order valence-corrected chi connectivity index (χ0v) is 19.1. The minimum atomic E-state index is 0.163. The smallest absolute Gasteiger partial charge is 0.129 e. The highest BCUT2D eigenvalue weighted by Gasteiger charge is 2.21. The van der Waals surface area contributed by atoms with Crippen LogP contribution < -0.4 is 16.0 Å². The number of rotatable bonds is 5. The van der Waals surface area contributed by atoms with Crippen molar-refractivity contribution in [3.8, 4) is 6.07 Å². The first kappa shape index (κ1) is 21.9. The quantitative estimate of drug-likeness (QED) is 0.394. The lowest BCUT2D eigenvalue weighted by Crippen LogP contribution is -2.36. The molecule has 1 unspecified atom stereocenters. The predicted octanol–water partition coefficient (Wildman–Crippen LogP) is 4.28. The maximum atomic E-state index is 9.22. The summed E-state index contributed by atoms with van der Waals surface area (Å²) >= 11 is 0. The molecule has 1 aliphatic heterocycles. The van der Waals surface area contributed by atoms with Gasteiger partial charge in [-0.25, -0.2) is 4.98 Å². The van der Waals surface area contributed by atoms with E-state index in [1.807, 2.05) is 42.5 Å². The molecule has 4 N–H and O–H groups in total. The fraction of sp³-hybridized carbons (Fsp3) is 0.296. The van der Waals surface area contributed by atoms with E-state index in [1.54, 1.807) is 6.20 Å². The lowest BCUT2D eigenvalue weighted by Gasteiger charge is -2.28. The zero-order valence-electron chi connectivity index (χ0n) is 19.1. The van der Waals surface area contributed by atoms with Gasteiger partial charge < -0.3 is 20.7 Å². The van der Waals surface area contributed by atoms with Gasteiger partial charge in [-0.1, -0.05) is 6.07 Å². The number of aryl methyl sites for hydroxylation is 1. The van der Waals surface area contributed by atoms with Crippen LogP contribution in [0.2, 0.25) is 0 Å². The lowest BCUT2D eigenvalue weighted by atomic mass is 9.86. The van der Waals surface area contributed by atoms with Crippen molar-refractivity contribution in [2.45, 2.75) is 25.3 Å². The third kappa shape index (κ3) is 4.45. The summed E-state index contributed by atoms with van der Waals surface area (Å²) < 4.78 is 5.44. The molecule has 1 aromatic heterocycles. The van der Waals surface area contributed by atoms with Gasteiger partial charge in [0.05, 0.1) is 36.6 Å². The zero-order chi connectivity index (χ0) is 23.5. The molecule has 0 amide bonds. The van der Waals surface area contributed by atoms with Gasteiger partial charge in [0.25, 0.3) is 0 Å². The molecular formula is C27H28N6O. The normalized spacial score (nSPS) is 17.5. The van der Waals surface area contributed by atoms with Gasteiger partial charge in [0.1, 0.15) is 5.82 Å². The Hall–Kier alpha value is -3.89. The van der Waals surface area contributed by atoms with E-state index >= 15 is 0 Å². The van der Waals surface area contributed by atoms with Crippen molar-refractivity contribution in [1.82, 2.24) is 4.98 Å². The Labute approximate surface area is 199 Å². The highest BCUT2D eigenvalue weighted by molar-refractivity contribution is 6.14. The van der Waals surface area contributed by atoms with Crippen LogP contribution in [0, 0.1) is 16.7 Å². The van der Waals surface area contributed by atoms with Crippen molar-refractivity contribution in [1.29, 1.82) is 10.7 Å². The van der Waals surface area contributed by atoms with Crippen molar-refractivity contribution >= 4 is 22.9 Å². The van der Waals surface area contributed by atoms with Gasteiger partial charge in [0.2, 0.25) is 0 Å². The Kier molecular flexibility index (Phi) is 6.15. The summed E-state index contributed by atoms with van der Waals surface area (Å²) in [4.78, 5) is 6.68. The molecule has 0 saturated carbocycles. The molecular weight excluding hydrogens is 424 g/mol. The lowest BCUT2D eigenvalue weighted by molar-refractivity contribution is 0.122. The largest absolute Gasteiger partial charge is 0.398 e. The second-order valence-electron chi connectivity index (χ2n) is 8.79. The van der Waals surface area contributed by atoms with E-state index in [0.29, 0.717) is 35.7 Å². The number of benzene rings is 2. The van der Waals surface area contributed by atoms with Crippen molar-refractivity contribution in [2.75, 3.05) is 42.3 Å². The van der Waals surface area contributed by atoms with Crippen LogP contribution in [0.25, 0.3) is 0 Å². The maximum Gasteiger partial charge on any atom is 0.129 e. The second kappa shape index (κ2) is 9.54. The van der Waals surface area contributed by atoms with E-state index < -0.39 is 0 Å². The monoisotopic (exact) mass is 452 g/mol. The van der Waals surface area contributed by atoms with E-state index in [0.717, 1.165) is 49.4 Å². The Morgan fingerprint density at radius 2 is 2.00 bits per heavy atom. The molecule has 2 aromatic carbocycles. The van der Waals surface area contributed by atoms with E-state index in [4.69, 9.17) is 15.9 Å². The van der Waals surface area contributed by atoms with Crippen LogP contribution in [0.1, 0.15) is 46.7 Å². The number of hydrogen-bond acceptors (Lipinski definition) is 7. The summed E-state index contributed by atoms with van der Waals surface area (Å²) in [6.07, 6.45) is 4.83. The SMILES string of the molecule is N#Cc1ccc2c(c1)CCCC2Nc1ccc(N)c(C(=N)c2ccnc(N3CCOCC3)c2)c1. The van der Waals surface area contributed by atoms with Gasteiger partial charge in [-0.05, 0) is 72.9 Å². The number of pyridine rings is 1. The highest BCUT2D eigenvalue weighted by Crippen LogP contribution is 2.34. The van der Waals surface area contributed by atoms with E-state index in [2.05, 4.69) is 27.3 Å². The number of ether oxygens (including phenoxy) is 1. The molecule has 1 fully saturated rings. The fourth-order valence-corrected chi connectivity index (χ4v) is 4.79. The predicted molar refractivity (Wildman–Crippen MR) is 135 cm³/mol. The molecule has 3 aromatic rings. The molecule has 1 aliphatic carbocycles. The average molecular weight is 453 g/mol. The third-order valence-electron chi connectivity index (χ3n) is 6.62. The molecule has 0 spiro atoms. The standard InChI is InChI=1S/C27H28N6O/c28-17-18-4-6-22-19(14-18)2-1-3-25(22)32-21-5-7-24(29)23(16-21)27(30)20-8-9-31-26(15-20)33-10-12-34-13-11-33/h4-9,14-16,25,30,32H,1-3,10-13,29H2. The molecule has 172 valence electrons.